The fourth-order valence-corrected chi connectivity index (χ4v) is 1.90. The Morgan fingerprint density at radius 2 is 1.91 bits per heavy atom. The average molecular weight is 318 g/mol. The molecule has 2 aromatic rings. The Bertz CT molecular complexity index is 675. The van der Waals surface area contributed by atoms with Gasteiger partial charge in [-0.3, -0.25) is 4.79 Å². The van der Waals surface area contributed by atoms with E-state index in [9.17, 15) is 4.79 Å². The second-order valence-electron chi connectivity index (χ2n) is 6.22. The highest BCUT2D eigenvalue weighted by Gasteiger charge is 2.21. The molecule has 5 heteroatoms. The Balaban J connectivity index is 2.09. The fourth-order valence-electron chi connectivity index (χ4n) is 1.73. The van der Waals surface area contributed by atoms with Crippen molar-refractivity contribution < 1.29 is 4.79 Å². The van der Waals surface area contributed by atoms with Gasteiger partial charge in [-0.15, -0.1) is 0 Å². The standard InChI is InChI=1S/C17H20ClN3O/c1-11-5-6-12(18)9-14(11)20-13-7-8-15(19-10-13)21-16(22)17(2,3)4/h5-10,20H,1-4H3,(H,19,21,22). The lowest BCUT2D eigenvalue weighted by Gasteiger charge is -2.17. The van der Waals surface area contributed by atoms with Crippen LogP contribution in [0.25, 0.3) is 0 Å². The average Bonchev–Trinajstić information content (AvgIpc) is 2.44. The summed E-state index contributed by atoms with van der Waals surface area (Å²) < 4.78 is 0. The van der Waals surface area contributed by atoms with Crippen molar-refractivity contribution in [2.24, 2.45) is 5.41 Å². The minimum Gasteiger partial charge on any atom is -0.354 e. The van der Waals surface area contributed by atoms with Crippen LogP contribution >= 0.6 is 11.6 Å². The maximum absolute atomic E-state index is 11.9. The predicted molar refractivity (Wildman–Crippen MR) is 91.8 cm³/mol. The Morgan fingerprint density at radius 3 is 2.50 bits per heavy atom. The number of hydrogen-bond donors (Lipinski definition) is 2. The van der Waals surface area contributed by atoms with Gasteiger partial charge in [-0.1, -0.05) is 38.4 Å². The molecule has 22 heavy (non-hydrogen) atoms. The van der Waals surface area contributed by atoms with Crippen molar-refractivity contribution >= 4 is 34.7 Å². The van der Waals surface area contributed by atoms with Crippen LogP contribution in [0.1, 0.15) is 26.3 Å². The molecule has 0 saturated heterocycles. The van der Waals surface area contributed by atoms with Gasteiger partial charge in [-0.25, -0.2) is 4.98 Å². The van der Waals surface area contributed by atoms with Crippen molar-refractivity contribution in [1.29, 1.82) is 0 Å². The van der Waals surface area contributed by atoms with Crippen LogP contribution in [0.2, 0.25) is 5.02 Å². The van der Waals surface area contributed by atoms with E-state index in [0.717, 1.165) is 16.9 Å². The molecule has 2 rings (SSSR count). The third-order valence-corrected chi connectivity index (χ3v) is 3.40. The van der Waals surface area contributed by atoms with Gasteiger partial charge in [0.25, 0.3) is 0 Å². The van der Waals surface area contributed by atoms with E-state index in [0.29, 0.717) is 10.8 Å². The van der Waals surface area contributed by atoms with Gasteiger partial charge in [0.2, 0.25) is 5.91 Å². The molecule has 1 heterocycles. The van der Waals surface area contributed by atoms with Gasteiger partial charge < -0.3 is 10.6 Å². The molecule has 0 spiro atoms. The van der Waals surface area contributed by atoms with Crippen LogP contribution in [0.4, 0.5) is 17.2 Å². The number of carbonyl (C=O) groups excluding carboxylic acids is 1. The summed E-state index contributed by atoms with van der Waals surface area (Å²) in [6.07, 6.45) is 1.68. The molecule has 0 unspecified atom stereocenters. The lowest BCUT2D eigenvalue weighted by molar-refractivity contribution is -0.123. The SMILES string of the molecule is Cc1ccc(Cl)cc1Nc1ccc(NC(=O)C(C)(C)C)nc1. The monoisotopic (exact) mass is 317 g/mol. The summed E-state index contributed by atoms with van der Waals surface area (Å²) in [5.41, 5.74) is 2.41. The number of rotatable bonds is 3. The predicted octanol–water partition coefficient (Wildman–Crippen LogP) is 4.77. The van der Waals surface area contributed by atoms with Crippen molar-refractivity contribution in [1.82, 2.24) is 4.98 Å². The van der Waals surface area contributed by atoms with Crippen LogP contribution < -0.4 is 10.6 Å². The Labute approximate surface area is 135 Å². The number of amides is 1. The smallest absolute Gasteiger partial charge is 0.230 e. The van der Waals surface area contributed by atoms with Gasteiger partial charge in [0.05, 0.1) is 11.9 Å². The summed E-state index contributed by atoms with van der Waals surface area (Å²) in [5.74, 6) is 0.472. The number of benzene rings is 1. The minimum atomic E-state index is -0.448. The summed E-state index contributed by atoms with van der Waals surface area (Å²) >= 11 is 6.01. The molecule has 0 fully saturated rings. The number of nitrogens with one attached hydrogen (secondary N) is 2. The minimum absolute atomic E-state index is 0.0635. The van der Waals surface area contributed by atoms with Crippen LogP contribution in [-0.4, -0.2) is 10.9 Å². The number of anilines is 3. The van der Waals surface area contributed by atoms with Crippen molar-refractivity contribution in [2.45, 2.75) is 27.7 Å². The van der Waals surface area contributed by atoms with Gasteiger partial charge in [-0.2, -0.15) is 0 Å². The van der Waals surface area contributed by atoms with Crippen LogP contribution in [-0.2, 0) is 4.79 Å². The van der Waals surface area contributed by atoms with E-state index in [1.54, 1.807) is 12.3 Å². The number of nitrogens with zero attached hydrogens (tertiary/aromatic N) is 1. The molecule has 0 aliphatic heterocycles. The first-order valence-corrected chi connectivity index (χ1v) is 7.44. The topological polar surface area (TPSA) is 54.0 Å². The van der Waals surface area contributed by atoms with Gasteiger partial charge in [-0.05, 0) is 36.8 Å². The van der Waals surface area contributed by atoms with Crippen LogP contribution in [0, 0.1) is 12.3 Å². The number of pyridine rings is 1. The maximum atomic E-state index is 11.9. The van der Waals surface area contributed by atoms with Gasteiger partial charge >= 0.3 is 0 Å². The Hall–Kier alpha value is -2.07. The first-order chi connectivity index (χ1) is 10.3. The molecule has 116 valence electrons. The number of halogens is 1. The first kappa shape index (κ1) is 16.3. The van der Waals surface area contributed by atoms with E-state index < -0.39 is 5.41 Å². The number of carbonyl (C=O) groups is 1. The molecule has 0 atom stereocenters. The van der Waals surface area contributed by atoms with E-state index in [2.05, 4.69) is 15.6 Å². The van der Waals surface area contributed by atoms with Crippen molar-refractivity contribution in [3.63, 3.8) is 0 Å². The van der Waals surface area contributed by atoms with E-state index in [1.807, 2.05) is 52.0 Å². The van der Waals surface area contributed by atoms with Crippen molar-refractivity contribution in [2.75, 3.05) is 10.6 Å². The highest BCUT2D eigenvalue weighted by molar-refractivity contribution is 6.30. The highest BCUT2D eigenvalue weighted by Crippen LogP contribution is 2.24. The van der Waals surface area contributed by atoms with E-state index in [4.69, 9.17) is 11.6 Å². The number of aromatic nitrogens is 1. The fraction of sp³-hybridized carbons (Fsp3) is 0.294. The second-order valence-corrected chi connectivity index (χ2v) is 6.66. The Kier molecular flexibility index (Phi) is 4.71. The second kappa shape index (κ2) is 6.36. The van der Waals surface area contributed by atoms with E-state index >= 15 is 0 Å². The molecule has 2 N–H and O–H groups in total. The summed E-state index contributed by atoms with van der Waals surface area (Å²) in [6.45, 7) is 7.59. The molecule has 0 aliphatic carbocycles. The molecule has 0 bridgehead atoms. The normalized spacial score (nSPS) is 11.1. The zero-order chi connectivity index (χ0) is 16.3. The third-order valence-electron chi connectivity index (χ3n) is 3.16. The molecule has 4 nitrogen and oxygen atoms in total. The van der Waals surface area contributed by atoms with Crippen LogP contribution in [0.5, 0.6) is 0 Å². The van der Waals surface area contributed by atoms with Gasteiger partial charge in [0.15, 0.2) is 0 Å². The zero-order valence-electron chi connectivity index (χ0n) is 13.2. The van der Waals surface area contributed by atoms with Crippen molar-refractivity contribution in [3.8, 4) is 0 Å². The third kappa shape index (κ3) is 4.21. The highest BCUT2D eigenvalue weighted by atomic mass is 35.5. The molecular formula is C17H20ClN3O. The first-order valence-electron chi connectivity index (χ1n) is 7.06. The lowest BCUT2D eigenvalue weighted by Crippen LogP contribution is -2.27. The molecule has 1 aromatic heterocycles. The molecule has 1 aromatic carbocycles. The molecule has 0 saturated carbocycles. The van der Waals surface area contributed by atoms with E-state index in [-0.39, 0.29) is 5.91 Å². The summed E-state index contributed by atoms with van der Waals surface area (Å²) in [4.78, 5) is 16.2. The van der Waals surface area contributed by atoms with Gasteiger partial charge in [0.1, 0.15) is 5.82 Å². The van der Waals surface area contributed by atoms with Crippen molar-refractivity contribution in [3.05, 3.63) is 47.1 Å². The molecule has 0 radical (unpaired) electrons. The maximum Gasteiger partial charge on any atom is 0.230 e. The Morgan fingerprint density at radius 1 is 1.18 bits per heavy atom. The van der Waals surface area contributed by atoms with Crippen LogP contribution in [0.3, 0.4) is 0 Å². The quantitative estimate of drug-likeness (QED) is 0.857. The summed E-state index contributed by atoms with van der Waals surface area (Å²) in [7, 11) is 0. The summed E-state index contributed by atoms with van der Waals surface area (Å²) in [6, 6.07) is 9.31. The largest absolute Gasteiger partial charge is 0.354 e. The molecular weight excluding hydrogens is 298 g/mol. The summed E-state index contributed by atoms with van der Waals surface area (Å²) in [5, 5.41) is 6.73. The number of hydrogen-bond acceptors (Lipinski definition) is 3. The zero-order valence-corrected chi connectivity index (χ0v) is 14.0. The van der Waals surface area contributed by atoms with E-state index in [1.165, 1.54) is 0 Å². The molecule has 0 aliphatic rings. The number of aryl methyl sites for hydroxylation is 1. The lowest BCUT2D eigenvalue weighted by atomic mass is 9.96. The molecule has 1 amide bonds. The van der Waals surface area contributed by atoms with Crippen LogP contribution in [0.15, 0.2) is 36.5 Å². The van der Waals surface area contributed by atoms with Gasteiger partial charge in [0, 0.05) is 16.1 Å².